The predicted molar refractivity (Wildman–Crippen MR) is 115 cm³/mol. The molecular formula is C22H26FN3O2S. The van der Waals surface area contributed by atoms with Crippen molar-refractivity contribution in [3.05, 3.63) is 51.1 Å². The number of fused-ring (bicyclic) bond motifs is 1. The topological polar surface area (TPSA) is 47.4 Å². The fourth-order valence-corrected chi connectivity index (χ4v) is 5.23. The predicted octanol–water partition coefficient (Wildman–Crippen LogP) is 4.03. The van der Waals surface area contributed by atoms with Gasteiger partial charge in [-0.05, 0) is 57.6 Å². The third kappa shape index (κ3) is 3.86. The second-order valence-electron chi connectivity index (χ2n) is 7.70. The standard InChI is InChI=1S/C22H26FN3O2S/c1-14-19(15-4-6-16(23)7-5-15)20-21(29-14)24-18(10-13-28-3)26(22(20)27)17-8-11-25(2)12-9-17/h4-7,17H,8-13H2,1-3H3. The number of methoxy groups -OCH3 is 1. The van der Waals surface area contributed by atoms with Gasteiger partial charge in [0.15, 0.2) is 0 Å². The molecule has 154 valence electrons. The van der Waals surface area contributed by atoms with Gasteiger partial charge in [0.05, 0.1) is 12.0 Å². The van der Waals surface area contributed by atoms with Gasteiger partial charge < -0.3 is 9.64 Å². The highest BCUT2D eigenvalue weighted by Gasteiger charge is 2.26. The van der Waals surface area contributed by atoms with E-state index in [1.807, 2.05) is 11.5 Å². The van der Waals surface area contributed by atoms with Crippen molar-refractivity contribution in [3.63, 3.8) is 0 Å². The fraction of sp³-hybridized carbons (Fsp3) is 0.455. The normalized spacial score (nSPS) is 16.0. The van der Waals surface area contributed by atoms with E-state index in [1.54, 1.807) is 19.2 Å². The summed E-state index contributed by atoms with van der Waals surface area (Å²) in [6.45, 7) is 4.46. The number of ether oxygens (including phenoxy) is 1. The third-order valence-electron chi connectivity index (χ3n) is 5.72. The number of aromatic nitrogens is 2. The summed E-state index contributed by atoms with van der Waals surface area (Å²) in [5.74, 6) is 0.514. The van der Waals surface area contributed by atoms with Crippen molar-refractivity contribution in [2.24, 2.45) is 0 Å². The van der Waals surface area contributed by atoms with E-state index in [9.17, 15) is 9.18 Å². The lowest BCUT2D eigenvalue weighted by Gasteiger charge is -2.31. The monoisotopic (exact) mass is 415 g/mol. The summed E-state index contributed by atoms with van der Waals surface area (Å²) >= 11 is 1.53. The van der Waals surface area contributed by atoms with Crippen molar-refractivity contribution in [2.45, 2.75) is 32.2 Å². The molecule has 3 aromatic rings. The van der Waals surface area contributed by atoms with Gasteiger partial charge >= 0.3 is 0 Å². The van der Waals surface area contributed by atoms with Crippen LogP contribution in [-0.4, -0.2) is 48.3 Å². The molecular weight excluding hydrogens is 389 g/mol. The molecule has 1 saturated heterocycles. The van der Waals surface area contributed by atoms with E-state index in [1.165, 1.54) is 23.5 Å². The minimum absolute atomic E-state index is 0.0133. The van der Waals surface area contributed by atoms with Gasteiger partial charge in [0.2, 0.25) is 0 Å². The minimum atomic E-state index is -0.283. The maximum atomic E-state index is 13.8. The molecule has 2 aromatic heterocycles. The average molecular weight is 416 g/mol. The highest BCUT2D eigenvalue weighted by atomic mass is 32.1. The number of hydrogen-bond donors (Lipinski definition) is 0. The Balaban J connectivity index is 1.91. The summed E-state index contributed by atoms with van der Waals surface area (Å²) in [5, 5.41) is 0.652. The molecule has 1 aromatic carbocycles. The molecule has 0 radical (unpaired) electrons. The van der Waals surface area contributed by atoms with Gasteiger partial charge in [-0.2, -0.15) is 0 Å². The van der Waals surface area contributed by atoms with E-state index in [0.29, 0.717) is 18.4 Å². The van der Waals surface area contributed by atoms with Crippen molar-refractivity contribution >= 4 is 21.6 Å². The van der Waals surface area contributed by atoms with Crippen LogP contribution in [0.25, 0.3) is 21.3 Å². The van der Waals surface area contributed by atoms with Crippen molar-refractivity contribution in [1.29, 1.82) is 0 Å². The van der Waals surface area contributed by atoms with E-state index < -0.39 is 0 Å². The van der Waals surface area contributed by atoms with Gasteiger partial charge in [-0.3, -0.25) is 9.36 Å². The molecule has 0 N–H and O–H groups in total. The van der Waals surface area contributed by atoms with Crippen LogP contribution in [0.4, 0.5) is 4.39 Å². The third-order valence-corrected chi connectivity index (χ3v) is 6.72. The second-order valence-corrected chi connectivity index (χ2v) is 8.90. The highest BCUT2D eigenvalue weighted by Crippen LogP contribution is 2.36. The SMILES string of the molecule is COCCc1nc2sc(C)c(-c3ccc(F)cc3)c2c(=O)n1C1CCN(C)CC1. The van der Waals surface area contributed by atoms with E-state index in [4.69, 9.17) is 9.72 Å². The van der Waals surface area contributed by atoms with E-state index in [0.717, 1.165) is 52.6 Å². The number of piperidine rings is 1. The van der Waals surface area contributed by atoms with Gasteiger partial charge in [-0.1, -0.05) is 12.1 Å². The first-order valence-corrected chi connectivity index (χ1v) is 10.8. The molecule has 29 heavy (non-hydrogen) atoms. The van der Waals surface area contributed by atoms with Crippen LogP contribution in [0, 0.1) is 12.7 Å². The Morgan fingerprint density at radius 1 is 1.24 bits per heavy atom. The lowest BCUT2D eigenvalue weighted by molar-refractivity contribution is 0.191. The van der Waals surface area contributed by atoms with Crippen LogP contribution in [0.1, 0.15) is 29.6 Å². The van der Waals surface area contributed by atoms with Gasteiger partial charge in [0, 0.05) is 30.0 Å². The zero-order valence-electron chi connectivity index (χ0n) is 17.1. The summed E-state index contributed by atoms with van der Waals surface area (Å²) in [6, 6.07) is 6.50. The molecule has 0 saturated carbocycles. The molecule has 0 spiro atoms. The first-order valence-electron chi connectivity index (χ1n) is 9.97. The summed E-state index contributed by atoms with van der Waals surface area (Å²) in [5.41, 5.74) is 1.75. The number of rotatable bonds is 5. The number of likely N-dealkylation sites (tertiary alicyclic amines) is 1. The molecule has 0 amide bonds. The lowest BCUT2D eigenvalue weighted by atomic mass is 10.0. The Morgan fingerprint density at radius 3 is 2.59 bits per heavy atom. The first kappa shape index (κ1) is 20.2. The zero-order valence-corrected chi connectivity index (χ0v) is 17.9. The average Bonchev–Trinajstić information content (AvgIpc) is 3.04. The Labute approximate surface area is 173 Å². The van der Waals surface area contributed by atoms with Crippen molar-refractivity contribution < 1.29 is 9.13 Å². The van der Waals surface area contributed by atoms with Gasteiger partial charge in [0.1, 0.15) is 16.5 Å². The molecule has 0 atom stereocenters. The van der Waals surface area contributed by atoms with E-state index in [2.05, 4.69) is 11.9 Å². The molecule has 0 unspecified atom stereocenters. The van der Waals surface area contributed by atoms with Gasteiger partial charge in [-0.25, -0.2) is 9.37 Å². The molecule has 5 nitrogen and oxygen atoms in total. The molecule has 1 aliphatic heterocycles. The van der Waals surface area contributed by atoms with Gasteiger partial charge in [-0.15, -0.1) is 11.3 Å². The maximum Gasteiger partial charge on any atom is 0.263 e. The van der Waals surface area contributed by atoms with Crippen LogP contribution < -0.4 is 5.56 Å². The fourth-order valence-electron chi connectivity index (χ4n) is 4.18. The number of aryl methyl sites for hydroxylation is 1. The van der Waals surface area contributed by atoms with Crippen molar-refractivity contribution in [1.82, 2.24) is 14.5 Å². The smallest absolute Gasteiger partial charge is 0.263 e. The molecule has 7 heteroatoms. The lowest BCUT2D eigenvalue weighted by Crippen LogP contribution is -2.37. The van der Waals surface area contributed by atoms with Crippen molar-refractivity contribution in [2.75, 3.05) is 33.9 Å². The van der Waals surface area contributed by atoms with E-state index in [-0.39, 0.29) is 17.4 Å². The molecule has 1 fully saturated rings. The summed E-state index contributed by atoms with van der Waals surface area (Å²) in [4.78, 5) is 22.7. The number of benzene rings is 1. The minimum Gasteiger partial charge on any atom is -0.384 e. The van der Waals surface area contributed by atoms with Crippen LogP contribution >= 0.6 is 11.3 Å². The Morgan fingerprint density at radius 2 is 1.93 bits per heavy atom. The largest absolute Gasteiger partial charge is 0.384 e. The summed E-state index contributed by atoms with van der Waals surface area (Å²) in [7, 11) is 3.78. The number of halogens is 1. The quantitative estimate of drug-likeness (QED) is 0.631. The molecule has 3 heterocycles. The van der Waals surface area contributed by atoms with Crippen LogP contribution in [0.3, 0.4) is 0 Å². The number of hydrogen-bond acceptors (Lipinski definition) is 5. The Kier molecular flexibility index (Phi) is 5.81. The first-order chi connectivity index (χ1) is 14.0. The summed E-state index contributed by atoms with van der Waals surface area (Å²) in [6.07, 6.45) is 2.47. The molecule has 0 bridgehead atoms. The zero-order chi connectivity index (χ0) is 20.5. The maximum absolute atomic E-state index is 13.8. The number of nitrogens with zero attached hydrogens (tertiary/aromatic N) is 3. The van der Waals surface area contributed by atoms with Crippen LogP contribution in [0.2, 0.25) is 0 Å². The molecule has 4 rings (SSSR count). The second kappa shape index (κ2) is 8.34. The van der Waals surface area contributed by atoms with Crippen LogP contribution in [0.5, 0.6) is 0 Å². The summed E-state index contributed by atoms with van der Waals surface area (Å²) < 4.78 is 20.6. The molecule has 1 aliphatic rings. The number of thiophene rings is 1. The van der Waals surface area contributed by atoms with Gasteiger partial charge in [0.25, 0.3) is 5.56 Å². The van der Waals surface area contributed by atoms with Crippen LogP contribution in [-0.2, 0) is 11.2 Å². The highest BCUT2D eigenvalue weighted by molar-refractivity contribution is 7.19. The molecule has 0 aliphatic carbocycles. The Bertz CT molecular complexity index is 1070. The van der Waals surface area contributed by atoms with Crippen LogP contribution in [0.15, 0.2) is 29.1 Å². The Hall–Kier alpha value is -2.09. The van der Waals surface area contributed by atoms with E-state index >= 15 is 0 Å². The van der Waals surface area contributed by atoms with Crippen molar-refractivity contribution in [3.8, 4) is 11.1 Å².